The van der Waals surface area contributed by atoms with Gasteiger partial charge in [0.05, 0.1) is 50.6 Å². The van der Waals surface area contributed by atoms with Crippen LogP contribution in [-0.2, 0) is 68.4 Å². The SMILES string of the molecule is C.C.C=C[C@@H]1C[C@]1(N)C(=O)NS(=O)(=O)C1CC1.C=C[C@@H]1C[C@]1(NC(=O)[C@@H]1C[C@@H]2CN1C(=O)[C@H](C(C)(C)C)NC(=O)OCC(C)(C)/C=C/c1cccc(c1)-c1nc3ccccc3nc1O2)C(=O)NS(=O)(=O)C1CC1.CC1(C)/C=C/c2cccc(c2)-c2nc3ccccc3nc2O[C@@H]2C[C@@H](C(=O)O)N(C2)C(=O)[C@H](C(C)(C)C)NC(=O)OC1.Cc1ccc(S(=O)(=O)O)cc1. The summed E-state index contributed by atoms with van der Waals surface area (Å²) in [6, 6.07) is 31.8. The van der Waals surface area contributed by atoms with Crippen LogP contribution in [0.3, 0.4) is 0 Å². The number of rotatable bonds is 12. The number of fused-ring (bicyclic) bond motifs is 14. The molecule has 6 fully saturated rings. The molecule has 2 saturated heterocycles. The van der Waals surface area contributed by atoms with Gasteiger partial charge in [0.2, 0.25) is 49.5 Å². The molecule has 15 rings (SSSR count). The normalized spacial score (nSPS) is 25.0. The van der Waals surface area contributed by atoms with Crippen LogP contribution < -0.4 is 40.6 Å². The van der Waals surface area contributed by atoms with Crippen molar-refractivity contribution in [2.75, 3.05) is 26.3 Å². The van der Waals surface area contributed by atoms with Gasteiger partial charge < -0.3 is 55.5 Å². The fourth-order valence-electron chi connectivity index (χ4n) is 14.6. The molecule has 7 amide bonds. The van der Waals surface area contributed by atoms with Crippen LogP contribution in [0.25, 0.3) is 56.7 Å². The number of carbonyl (C=O) groups is 8. The summed E-state index contributed by atoms with van der Waals surface area (Å²) in [5, 5.41) is 17.3. The summed E-state index contributed by atoms with van der Waals surface area (Å²) in [6.45, 7) is 27.7. The molecule has 8 bridgehead atoms. The van der Waals surface area contributed by atoms with E-state index >= 15 is 0 Å². The van der Waals surface area contributed by atoms with Crippen LogP contribution in [0.5, 0.6) is 11.8 Å². The van der Waals surface area contributed by atoms with Gasteiger partial charge in [0, 0.05) is 46.6 Å². The minimum absolute atomic E-state index is 0. The lowest BCUT2D eigenvalue weighted by atomic mass is 9.85. The zero-order valence-electron chi connectivity index (χ0n) is 70.9. The highest BCUT2D eigenvalue weighted by atomic mass is 32.2. The third-order valence-electron chi connectivity index (χ3n) is 22.5. The molecule has 8 aliphatic rings. The number of hydrogen-bond acceptors (Lipinski definition) is 23. The average Bonchev–Trinajstić information content (AvgIpc) is 1.57. The van der Waals surface area contributed by atoms with Crippen molar-refractivity contribution < 1.29 is 92.2 Å². The number of aromatic nitrogens is 4. The molecule has 4 aliphatic carbocycles. The van der Waals surface area contributed by atoms with E-state index in [1.807, 2.05) is 161 Å². The number of hydrogen-bond donors (Lipinski definition) is 8. The molecule has 32 nitrogen and oxygen atoms in total. The summed E-state index contributed by atoms with van der Waals surface area (Å²) in [5.41, 5.74) is 8.18. The van der Waals surface area contributed by atoms with E-state index in [9.17, 15) is 68.7 Å². The Labute approximate surface area is 735 Å². The van der Waals surface area contributed by atoms with Crippen LogP contribution >= 0.6 is 0 Å². The summed E-state index contributed by atoms with van der Waals surface area (Å²) < 4.78 is 106. The summed E-state index contributed by atoms with van der Waals surface area (Å²) in [7, 11) is -11.4. The van der Waals surface area contributed by atoms with E-state index < -0.39 is 163 Å². The molecule has 9 N–H and O–H groups in total. The number of aliphatic carboxylic acids is 1. The van der Waals surface area contributed by atoms with Crippen LogP contribution in [0.1, 0.15) is 152 Å². The number of nitrogens with zero attached hydrogens (tertiary/aromatic N) is 6. The lowest BCUT2D eigenvalue weighted by molar-refractivity contribution is -0.150. The first-order valence-electron chi connectivity index (χ1n) is 40.8. The molecule has 4 saturated carbocycles. The predicted octanol–water partition coefficient (Wildman–Crippen LogP) is 11.4. The maximum absolute atomic E-state index is 14.7. The highest BCUT2D eigenvalue weighted by molar-refractivity contribution is 7.91. The summed E-state index contributed by atoms with van der Waals surface area (Å²) >= 11 is 0. The number of para-hydroxylation sites is 4. The Hall–Kier alpha value is -11.5. The van der Waals surface area contributed by atoms with E-state index in [2.05, 4.69) is 33.8 Å². The van der Waals surface area contributed by atoms with E-state index in [1.54, 1.807) is 59.8 Å². The van der Waals surface area contributed by atoms with Gasteiger partial charge in [-0.3, -0.25) is 38.0 Å². The van der Waals surface area contributed by atoms with Gasteiger partial charge >= 0.3 is 18.2 Å². The standard InChI is InChI=1S/C41H48N6O8S.C32H36N4O6.C9H14N2O3S.C7H8O3S.2CH4/c1-7-26-21-41(26,37(50)46-56(52,53)28-15-16-28)45-34(48)31-20-27-22-47(31)36(49)33(39(2,3)4)44-38(51)54-23-40(5,6)18-17-24-11-10-12-25(19-24)32-35(55-27)43-30-14-9-8-13-29(30)42-32;1-31(2,3)26-28(37)36-17-21(16-24(36)29(38)39)42-27-25(33-22-11-6-7-12-23(22)34-27)20-10-8-9-19(15-20)13-14-32(4,5)18-41-30(40)35-26;1-2-6-5-9(6,10)8(12)11-15(13,14)7-3-4-7;1-6-2-4-7(5-3-6)11(8,9)10;;/h7-14,17-19,26-28,31,33H,1,15-16,20-23H2,2-6H3,(H,44,51)(H,45,48)(H,46,50);6-15,21,24,26H,16-18H2,1-5H3,(H,35,40)(H,38,39);2,6-7H,1,3-5,10H2,(H,11,12);2-5H,1H3,(H,8,9,10);2*1H4/b18-17+;14-13+;;;;/t26-,27-,31+,33-,41-;21-,24+,26-;6-,9-;;;/m111.../s1. The van der Waals surface area contributed by atoms with Gasteiger partial charge in [0.25, 0.3) is 21.9 Å². The molecule has 4 aliphatic heterocycles. The maximum Gasteiger partial charge on any atom is 0.407 e. The first kappa shape index (κ1) is 96.7. The lowest BCUT2D eigenvalue weighted by Crippen LogP contribution is -2.60. The second kappa shape index (κ2) is 37.6. The zero-order chi connectivity index (χ0) is 90.2. The fraction of sp³-hybridized carbons (Fsp3) is 0.451. The van der Waals surface area contributed by atoms with Gasteiger partial charge in [-0.1, -0.05) is 199 Å². The van der Waals surface area contributed by atoms with E-state index in [0.29, 0.717) is 65.6 Å². The number of amides is 7. The van der Waals surface area contributed by atoms with E-state index in [0.717, 1.165) is 27.8 Å². The molecule has 6 heterocycles. The van der Waals surface area contributed by atoms with Gasteiger partial charge in [-0.2, -0.15) is 8.42 Å². The highest BCUT2D eigenvalue weighted by Crippen LogP contribution is 2.47. The van der Waals surface area contributed by atoms with Crippen molar-refractivity contribution in [3.8, 4) is 34.3 Å². The molecule has 126 heavy (non-hydrogen) atoms. The first-order chi connectivity index (χ1) is 58.1. The largest absolute Gasteiger partial charge is 0.480 e. The maximum atomic E-state index is 14.7. The Kier molecular flexibility index (Phi) is 28.8. The van der Waals surface area contributed by atoms with Crippen molar-refractivity contribution in [3.05, 3.63) is 175 Å². The Bertz CT molecular complexity index is 5790. The van der Waals surface area contributed by atoms with E-state index in [4.69, 9.17) is 49.2 Å². The van der Waals surface area contributed by atoms with Crippen molar-refractivity contribution >= 4 is 112 Å². The van der Waals surface area contributed by atoms with Crippen LogP contribution in [0.15, 0.2) is 164 Å². The third-order valence-corrected chi connectivity index (χ3v) is 27.0. The molecule has 10 atom stereocenters. The molecule has 676 valence electrons. The molecule has 0 radical (unpaired) electrons. The van der Waals surface area contributed by atoms with Gasteiger partial charge in [-0.05, 0) is 116 Å². The van der Waals surface area contributed by atoms with Crippen molar-refractivity contribution in [1.29, 1.82) is 0 Å². The van der Waals surface area contributed by atoms with Crippen LogP contribution in [-0.4, -0.2) is 197 Å². The highest BCUT2D eigenvalue weighted by Gasteiger charge is 2.63. The number of alkyl carbamates (subject to hydrolysis) is 2. The number of cyclic esters (lactones) is 2. The zero-order valence-corrected chi connectivity index (χ0v) is 73.4. The Morgan fingerprint density at radius 1 is 0.563 bits per heavy atom. The molecule has 7 aromatic rings. The predicted molar refractivity (Wildman–Crippen MR) is 477 cm³/mol. The quantitative estimate of drug-likeness (QED) is 0.0416. The Morgan fingerprint density at radius 2 is 0.968 bits per heavy atom. The van der Waals surface area contributed by atoms with Gasteiger partial charge in [-0.25, -0.2) is 51.2 Å². The summed E-state index contributed by atoms with van der Waals surface area (Å²) in [5.74, 6) is -4.55. The number of carbonyl (C=O) groups excluding carboxylic acids is 7. The Balaban J connectivity index is 0.000000205. The lowest BCUT2D eigenvalue weighted by Gasteiger charge is -2.35. The van der Waals surface area contributed by atoms with Crippen molar-refractivity contribution in [3.63, 3.8) is 0 Å². The fourth-order valence-corrected chi connectivity index (χ4v) is 17.8. The van der Waals surface area contributed by atoms with E-state index in [1.165, 1.54) is 28.0 Å². The summed E-state index contributed by atoms with van der Waals surface area (Å²) in [4.78, 5) is 129. The first-order valence-corrected chi connectivity index (χ1v) is 45.3. The summed E-state index contributed by atoms with van der Waals surface area (Å²) in [6.07, 6.45) is 10.7. The second-order valence-electron chi connectivity index (χ2n) is 36.2. The molecule has 0 spiro atoms. The molecule has 0 unspecified atom stereocenters. The number of nitrogens with one attached hydrogen (secondary N) is 5. The van der Waals surface area contributed by atoms with Crippen molar-refractivity contribution in [2.24, 2.45) is 39.2 Å². The van der Waals surface area contributed by atoms with Crippen LogP contribution in [0.2, 0.25) is 0 Å². The van der Waals surface area contributed by atoms with Gasteiger partial charge in [0.1, 0.15) is 72.1 Å². The van der Waals surface area contributed by atoms with Crippen LogP contribution in [0.4, 0.5) is 9.59 Å². The molecule has 5 aromatic carbocycles. The monoisotopic (exact) mass is 1790 g/mol. The number of nitrogens with two attached hydrogens (primary N) is 1. The number of carboxylic acids is 1. The van der Waals surface area contributed by atoms with Crippen molar-refractivity contribution in [1.82, 2.24) is 55.1 Å². The van der Waals surface area contributed by atoms with Crippen LogP contribution in [0, 0.1) is 40.4 Å². The molecule has 2 aromatic heterocycles. The molecular formula is C91H114N12O20S3. The number of sulfonamides is 2. The minimum Gasteiger partial charge on any atom is -0.480 e. The smallest absolute Gasteiger partial charge is 0.407 e. The Morgan fingerprint density at radius 3 is 1.35 bits per heavy atom. The van der Waals surface area contributed by atoms with Gasteiger partial charge in [-0.15, -0.1) is 13.2 Å². The topological polar surface area (TPSA) is 461 Å². The average molecular weight is 1790 g/mol. The number of benzene rings is 5. The molecule has 35 heteroatoms. The third kappa shape index (κ3) is 23.2. The van der Waals surface area contributed by atoms with Crippen molar-refractivity contribution in [2.45, 2.75) is 205 Å². The molecular weight excluding hydrogens is 1680 g/mol. The van der Waals surface area contributed by atoms with Gasteiger partial charge in [0.15, 0.2) is 0 Å². The van der Waals surface area contributed by atoms with E-state index in [-0.39, 0.29) is 83.0 Å². The number of aryl methyl sites for hydroxylation is 1. The second-order valence-corrected chi connectivity index (χ2v) is 41.5. The minimum atomic E-state index is -4.02. The number of carboxylic acid groups (broad SMARTS) is 1. The number of ether oxygens (including phenoxy) is 4.